The van der Waals surface area contributed by atoms with Crippen LogP contribution >= 0.6 is 15.9 Å². The largest absolute Gasteiger partial charge is 0.399 e. The van der Waals surface area contributed by atoms with Crippen LogP contribution in [0.25, 0.3) is 0 Å². The van der Waals surface area contributed by atoms with Gasteiger partial charge in [-0.3, -0.25) is 10.1 Å². The maximum absolute atomic E-state index is 12.3. The molecule has 21 heavy (non-hydrogen) atoms. The second-order valence-corrected chi connectivity index (χ2v) is 7.12. The second-order valence-electron chi connectivity index (χ2n) is 4.34. The standard InChI is InChI=1S/C13H11BrN2O4S/c14-13-9(2-1-3-12(13)16(17)18)8-21(19,20)11-6-4-10(15)5-7-11/h1-7H,8,15H2. The molecule has 0 unspecified atom stereocenters. The van der Waals surface area contributed by atoms with Crippen molar-refractivity contribution < 1.29 is 13.3 Å². The van der Waals surface area contributed by atoms with Crippen LogP contribution in [0.4, 0.5) is 11.4 Å². The molecule has 0 aromatic heterocycles. The van der Waals surface area contributed by atoms with E-state index in [1.807, 2.05) is 0 Å². The number of rotatable bonds is 4. The molecule has 0 aliphatic rings. The van der Waals surface area contributed by atoms with Crippen LogP contribution in [-0.2, 0) is 15.6 Å². The number of sulfone groups is 1. The van der Waals surface area contributed by atoms with Crippen molar-refractivity contribution in [1.82, 2.24) is 0 Å². The molecular weight excluding hydrogens is 360 g/mol. The van der Waals surface area contributed by atoms with E-state index < -0.39 is 14.8 Å². The first-order valence-corrected chi connectivity index (χ1v) is 8.26. The summed E-state index contributed by atoms with van der Waals surface area (Å²) in [5.74, 6) is -0.334. The van der Waals surface area contributed by atoms with Gasteiger partial charge in [0.15, 0.2) is 9.84 Å². The summed E-state index contributed by atoms with van der Waals surface area (Å²) in [4.78, 5) is 10.4. The lowest BCUT2D eigenvalue weighted by molar-refractivity contribution is -0.385. The van der Waals surface area contributed by atoms with Gasteiger partial charge in [0, 0.05) is 11.8 Å². The number of benzene rings is 2. The first-order valence-electron chi connectivity index (χ1n) is 5.81. The molecule has 0 saturated carbocycles. The first-order chi connectivity index (χ1) is 9.81. The van der Waals surface area contributed by atoms with Crippen molar-refractivity contribution in [3.8, 4) is 0 Å². The van der Waals surface area contributed by atoms with Crippen LogP contribution in [-0.4, -0.2) is 13.3 Å². The second kappa shape index (κ2) is 5.82. The molecule has 0 radical (unpaired) electrons. The van der Waals surface area contributed by atoms with Crippen LogP contribution in [0.5, 0.6) is 0 Å². The van der Waals surface area contributed by atoms with Gasteiger partial charge in [0.2, 0.25) is 0 Å². The number of nitrogens with zero attached hydrogens (tertiary/aromatic N) is 1. The zero-order valence-corrected chi connectivity index (χ0v) is 13.1. The van der Waals surface area contributed by atoms with E-state index >= 15 is 0 Å². The van der Waals surface area contributed by atoms with Gasteiger partial charge in [0.05, 0.1) is 20.0 Å². The van der Waals surface area contributed by atoms with Crippen LogP contribution in [0.1, 0.15) is 5.56 Å². The highest BCUT2D eigenvalue weighted by atomic mass is 79.9. The maximum atomic E-state index is 12.3. The number of nitrogen functional groups attached to an aromatic ring is 1. The lowest BCUT2D eigenvalue weighted by Gasteiger charge is -2.07. The van der Waals surface area contributed by atoms with Crippen LogP contribution in [0.3, 0.4) is 0 Å². The van der Waals surface area contributed by atoms with Crippen molar-refractivity contribution in [1.29, 1.82) is 0 Å². The summed E-state index contributed by atoms with van der Waals surface area (Å²) < 4.78 is 24.8. The molecule has 0 bridgehead atoms. The number of nitrogens with two attached hydrogens (primary N) is 1. The smallest absolute Gasteiger partial charge is 0.283 e. The number of hydrogen-bond donors (Lipinski definition) is 1. The Hall–Kier alpha value is -1.93. The van der Waals surface area contributed by atoms with Gasteiger partial charge in [-0.1, -0.05) is 12.1 Å². The summed E-state index contributed by atoms with van der Waals surface area (Å²) in [6.45, 7) is 0. The van der Waals surface area contributed by atoms with Crippen LogP contribution in [0.2, 0.25) is 0 Å². The molecule has 0 amide bonds. The van der Waals surface area contributed by atoms with Crippen LogP contribution in [0, 0.1) is 10.1 Å². The van der Waals surface area contributed by atoms with Crippen molar-refractivity contribution in [3.63, 3.8) is 0 Å². The van der Waals surface area contributed by atoms with Crippen molar-refractivity contribution in [2.75, 3.05) is 5.73 Å². The Balaban J connectivity index is 2.39. The molecule has 110 valence electrons. The Labute approximate surface area is 129 Å². The zero-order valence-electron chi connectivity index (χ0n) is 10.7. The lowest BCUT2D eigenvalue weighted by atomic mass is 10.2. The van der Waals surface area contributed by atoms with Gasteiger partial charge in [0.1, 0.15) is 0 Å². The number of nitro benzene ring substituents is 1. The van der Waals surface area contributed by atoms with Gasteiger partial charge < -0.3 is 5.73 Å². The number of halogens is 1. The first kappa shape index (κ1) is 15.5. The van der Waals surface area contributed by atoms with E-state index in [2.05, 4.69) is 15.9 Å². The molecule has 2 aromatic carbocycles. The van der Waals surface area contributed by atoms with Crippen LogP contribution in [0.15, 0.2) is 51.8 Å². The molecule has 6 nitrogen and oxygen atoms in total. The molecule has 2 rings (SSSR count). The SMILES string of the molecule is Nc1ccc(S(=O)(=O)Cc2cccc([N+](=O)[O-])c2Br)cc1. The molecule has 0 aliphatic carbocycles. The molecule has 0 spiro atoms. The van der Waals surface area contributed by atoms with Gasteiger partial charge >= 0.3 is 0 Å². The minimum atomic E-state index is -3.60. The quantitative estimate of drug-likeness (QED) is 0.506. The van der Waals surface area contributed by atoms with E-state index in [4.69, 9.17) is 5.73 Å². The molecule has 0 fully saturated rings. The molecule has 0 saturated heterocycles. The van der Waals surface area contributed by atoms with E-state index in [9.17, 15) is 18.5 Å². The zero-order chi connectivity index (χ0) is 15.6. The molecule has 0 aliphatic heterocycles. The van der Waals surface area contributed by atoms with Gasteiger partial charge in [-0.15, -0.1) is 0 Å². The Kier molecular flexibility index (Phi) is 4.29. The highest BCUT2D eigenvalue weighted by Crippen LogP contribution is 2.30. The predicted molar refractivity (Wildman–Crippen MR) is 82.5 cm³/mol. The number of anilines is 1. The third-order valence-corrected chi connectivity index (χ3v) is 5.44. The summed E-state index contributed by atoms with van der Waals surface area (Å²) in [5, 5.41) is 10.9. The van der Waals surface area contributed by atoms with E-state index in [0.29, 0.717) is 11.3 Å². The molecule has 2 N–H and O–H groups in total. The average molecular weight is 371 g/mol. The van der Waals surface area contributed by atoms with Crippen molar-refractivity contribution in [2.24, 2.45) is 0 Å². The molecule has 0 heterocycles. The normalized spacial score (nSPS) is 11.3. The summed E-state index contributed by atoms with van der Waals surface area (Å²) in [6, 6.07) is 10.1. The average Bonchev–Trinajstić information content (AvgIpc) is 2.41. The lowest BCUT2D eigenvalue weighted by Crippen LogP contribution is -2.06. The Morgan fingerprint density at radius 3 is 2.33 bits per heavy atom. The fourth-order valence-corrected chi connectivity index (χ4v) is 3.88. The highest BCUT2D eigenvalue weighted by molar-refractivity contribution is 9.10. The third kappa shape index (κ3) is 3.40. The fourth-order valence-electron chi connectivity index (χ4n) is 1.78. The molecule has 8 heteroatoms. The number of nitro groups is 1. The fraction of sp³-hybridized carbons (Fsp3) is 0.0769. The molecular formula is C13H11BrN2O4S. The molecule has 2 aromatic rings. The van der Waals surface area contributed by atoms with Gasteiger partial charge in [-0.05, 0) is 45.8 Å². The minimum absolute atomic E-state index is 0.120. The summed E-state index contributed by atoms with van der Waals surface area (Å²) in [6.07, 6.45) is 0. The Bertz CT molecular complexity index is 788. The maximum Gasteiger partial charge on any atom is 0.283 e. The predicted octanol–water partition coefficient (Wildman–Crippen LogP) is 2.91. The van der Waals surface area contributed by atoms with Gasteiger partial charge in [-0.25, -0.2) is 8.42 Å². The molecule has 0 atom stereocenters. The summed E-state index contributed by atoms with van der Waals surface area (Å²) in [5.41, 5.74) is 6.15. The highest BCUT2D eigenvalue weighted by Gasteiger charge is 2.21. The van der Waals surface area contributed by atoms with E-state index in [1.165, 1.54) is 42.5 Å². The summed E-state index contributed by atoms with van der Waals surface area (Å²) >= 11 is 3.09. The van der Waals surface area contributed by atoms with Crippen molar-refractivity contribution in [2.45, 2.75) is 10.6 Å². The minimum Gasteiger partial charge on any atom is -0.399 e. The summed E-state index contributed by atoms with van der Waals surface area (Å²) in [7, 11) is -3.60. The van der Waals surface area contributed by atoms with E-state index in [1.54, 1.807) is 0 Å². The third-order valence-electron chi connectivity index (χ3n) is 2.84. The number of hydrogen-bond acceptors (Lipinski definition) is 5. The van der Waals surface area contributed by atoms with Crippen molar-refractivity contribution >= 4 is 37.1 Å². The monoisotopic (exact) mass is 370 g/mol. The van der Waals surface area contributed by atoms with Gasteiger partial charge in [-0.2, -0.15) is 0 Å². The van der Waals surface area contributed by atoms with E-state index in [0.717, 1.165) is 0 Å². The van der Waals surface area contributed by atoms with Crippen molar-refractivity contribution in [3.05, 3.63) is 62.6 Å². The van der Waals surface area contributed by atoms with E-state index in [-0.39, 0.29) is 20.8 Å². The van der Waals surface area contributed by atoms with Gasteiger partial charge in [0.25, 0.3) is 5.69 Å². The topological polar surface area (TPSA) is 103 Å². The van der Waals surface area contributed by atoms with Crippen LogP contribution < -0.4 is 5.73 Å². The Morgan fingerprint density at radius 2 is 1.76 bits per heavy atom. The Morgan fingerprint density at radius 1 is 1.14 bits per heavy atom.